The maximum atomic E-state index is 7.86. The molecule has 0 fully saturated rings. The van der Waals surface area contributed by atoms with E-state index in [9.17, 15) is 0 Å². The predicted molar refractivity (Wildman–Crippen MR) is 21.1 cm³/mol. The third kappa shape index (κ3) is 31.5. The molecule has 0 aromatic heterocycles. The van der Waals surface area contributed by atoms with Gasteiger partial charge in [-0.05, 0) is 6.92 Å². The molecule has 0 aromatic rings. The second-order valence-electron chi connectivity index (χ2n) is 0.735. The van der Waals surface area contributed by atoms with Crippen LogP contribution in [-0.2, 0) is 0 Å². The highest BCUT2D eigenvalue weighted by Crippen LogP contribution is 1.66. The number of hydrogen-bond acceptors (Lipinski definition) is 1. The highest BCUT2D eigenvalue weighted by Gasteiger charge is 1.53. The van der Waals surface area contributed by atoms with Gasteiger partial charge in [0.2, 0.25) is 0 Å². The SMILES string of the molecule is C=C(C)O.O. The molecule has 0 saturated carbocycles. The maximum Gasteiger partial charge on any atom is 0.0820 e. The van der Waals surface area contributed by atoms with Gasteiger partial charge in [0.15, 0.2) is 0 Å². The van der Waals surface area contributed by atoms with Gasteiger partial charge in [0.25, 0.3) is 0 Å². The van der Waals surface area contributed by atoms with Crippen LogP contribution in [-0.4, -0.2) is 10.6 Å². The summed E-state index contributed by atoms with van der Waals surface area (Å²) in [6.45, 7) is 4.64. The van der Waals surface area contributed by atoms with Crippen molar-refractivity contribution in [3.05, 3.63) is 12.3 Å². The molecule has 0 spiro atoms. The zero-order valence-electron chi connectivity index (χ0n) is 3.15. The van der Waals surface area contributed by atoms with Gasteiger partial charge in [-0.3, -0.25) is 0 Å². The van der Waals surface area contributed by atoms with Crippen LogP contribution >= 0.6 is 0 Å². The van der Waals surface area contributed by atoms with Gasteiger partial charge in [0.1, 0.15) is 0 Å². The lowest BCUT2D eigenvalue weighted by atomic mass is 10.7. The molecule has 5 heavy (non-hydrogen) atoms. The number of aliphatic hydroxyl groups excluding tert-OH is 1. The minimum atomic E-state index is 0. The van der Waals surface area contributed by atoms with Crippen LogP contribution in [0.2, 0.25) is 0 Å². The van der Waals surface area contributed by atoms with Gasteiger partial charge in [-0.25, -0.2) is 0 Å². The normalized spacial score (nSPS) is 5.00. The van der Waals surface area contributed by atoms with E-state index >= 15 is 0 Å². The quantitative estimate of drug-likeness (QED) is 0.413. The molecule has 2 heteroatoms. The van der Waals surface area contributed by atoms with E-state index in [1.807, 2.05) is 0 Å². The Balaban J connectivity index is 0. The first-order chi connectivity index (χ1) is 1.73. The highest BCUT2D eigenvalue weighted by atomic mass is 16.3. The molecule has 0 heterocycles. The largest absolute Gasteiger partial charge is 0.513 e. The van der Waals surface area contributed by atoms with Crippen LogP contribution in [0.5, 0.6) is 0 Å². The fourth-order valence-corrected chi connectivity index (χ4v) is 0. The van der Waals surface area contributed by atoms with Gasteiger partial charge in [0.05, 0.1) is 5.76 Å². The fraction of sp³-hybridized carbons (Fsp3) is 0.333. The first-order valence-corrected chi connectivity index (χ1v) is 1.08. The van der Waals surface area contributed by atoms with E-state index in [1.54, 1.807) is 0 Å². The lowest BCUT2D eigenvalue weighted by molar-refractivity contribution is 0.417. The smallest absolute Gasteiger partial charge is 0.0820 e. The number of hydrogen-bond donors (Lipinski definition) is 1. The molecule has 3 N–H and O–H groups in total. The number of aliphatic hydroxyl groups is 1. The van der Waals surface area contributed by atoms with E-state index in [0.717, 1.165) is 0 Å². The van der Waals surface area contributed by atoms with Crippen molar-refractivity contribution < 1.29 is 10.6 Å². The Morgan fingerprint density at radius 2 is 1.80 bits per heavy atom. The van der Waals surface area contributed by atoms with Crippen LogP contribution in [0.1, 0.15) is 6.92 Å². The molecule has 0 aromatic carbocycles. The van der Waals surface area contributed by atoms with E-state index in [1.165, 1.54) is 6.92 Å². The Labute approximate surface area is 31.1 Å². The standard InChI is InChI=1S/C3H6O.H2O/c1-3(2)4;/h4H,1H2,2H3;1H2. The average Bonchev–Trinajstić information content (AvgIpc) is 0.811. The number of allylic oxidation sites excluding steroid dienone is 1. The molecule has 0 amide bonds. The minimum Gasteiger partial charge on any atom is -0.513 e. The molecule has 0 saturated heterocycles. The Hall–Kier alpha value is -0.500. The monoisotopic (exact) mass is 76.1 g/mol. The van der Waals surface area contributed by atoms with E-state index in [-0.39, 0.29) is 11.2 Å². The summed E-state index contributed by atoms with van der Waals surface area (Å²) in [5, 5.41) is 7.86. The molecule has 32 valence electrons. The fourth-order valence-electron chi connectivity index (χ4n) is 0. The van der Waals surface area contributed by atoms with Gasteiger partial charge >= 0.3 is 0 Å². The van der Waals surface area contributed by atoms with Crippen LogP contribution in [0, 0.1) is 0 Å². The van der Waals surface area contributed by atoms with E-state index in [0.29, 0.717) is 0 Å². The second kappa shape index (κ2) is 3.50. The van der Waals surface area contributed by atoms with Gasteiger partial charge < -0.3 is 10.6 Å². The molecule has 0 bridgehead atoms. The van der Waals surface area contributed by atoms with Crippen LogP contribution in [0.15, 0.2) is 12.3 Å². The maximum absolute atomic E-state index is 7.86. The van der Waals surface area contributed by atoms with Crippen LogP contribution < -0.4 is 0 Å². The molecule has 0 rings (SSSR count). The zero-order chi connectivity index (χ0) is 3.58. The van der Waals surface area contributed by atoms with Crippen molar-refractivity contribution in [2.24, 2.45) is 0 Å². The van der Waals surface area contributed by atoms with E-state index in [2.05, 4.69) is 6.58 Å². The second-order valence-corrected chi connectivity index (χ2v) is 0.735. The molecular weight excluding hydrogens is 68.0 g/mol. The van der Waals surface area contributed by atoms with E-state index in [4.69, 9.17) is 5.11 Å². The van der Waals surface area contributed by atoms with Crippen molar-refractivity contribution in [1.82, 2.24) is 0 Å². The Morgan fingerprint density at radius 3 is 1.80 bits per heavy atom. The first kappa shape index (κ1) is 8.82. The molecule has 0 aliphatic rings. The summed E-state index contributed by atoms with van der Waals surface area (Å²) in [5.74, 6) is 0.167. The van der Waals surface area contributed by atoms with E-state index < -0.39 is 0 Å². The molecule has 0 aliphatic heterocycles. The molecular formula is C3H8O2. The molecule has 0 unspecified atom stereocenters. The van der Waals surface area contributed by atoms with Crippen LogP contribution in [0.3, 0.4) is 0 Å². The zero-order valence-corrected chi connectivity index (χ0v) is 3.15. The Bertz CT molecular complexity index is 27.9. The van der Waals surface area contributed by atoms with Gasteiger partial charge in [-0.2, -0.15) is 0 Å². The third-order valence-electron chi connectivity index (χ3n) is 0. The first-order valence-electron chi connectivity index (χ1n) is 1.08. The minimum absolute atomic E-state index is 0. The summed E-state index contributed by atoms with van der Waals surface area (Å²) in [7, 11) is 0. The van der Waals surface area contributed by atoms with Crippen molar-refractivity contribution in [3.8, 4) is 0 Å². The molecule has 0 radical (unpaired) electrons. The van der Waals surface area contributed by atoms with Gasteiger partial charge in [0, 0.05) is 0 Å². The summed E-state index contributed by atoms with van der Waals surface area (Å²) in [5.41, 5.74) is 0. The van der Waals surface area contributed by atoms with Crippen molar-refractivity contribution in [3.63, 3.8) is 0 Å². The van der Waals surface area contributed by atoms with Gasteiger partial charge in [-0.15, -0.1) is 0 Å². The molecule has 0 atom stereocenters. The summed E-state index contributed by atoms with van der Waals surface area (Å²) >= 11 is 0. The predicted octanol–water partition coefficient (Wildman–Crippen LogP) is 0.253. The van der Waals surface area contributed by atoms with Crippen molar-refractivity contribution in [2.75, 3.05) is 0 Å². The number of rotatable bonds is 0. The highest BCUT2D eigenvalue weighted by molar-refractivity contribution is 4.67. The third-order valence-corrected chi connectivity index (χ3v) is 0. The Morgan fingerprint density at radius 1 is 1.80 bits per heavy atom. The van der Waals surface area contributed by atoms with Gasteiger partial charge in [-0.1, -0.05) is 6.58 Å². The lowest BCUT2D eigenvalue weighted by Crippen LogP contribution is -1.54. The summed E-state index contributed by atoms with van der Waals surface area (Å²) in [4.78, 5) is 0. The topological polar surface area (TPSA) is 51.7 Å². The summed E-state index contributed by atoms with van der Waals surface area (Å²) < 4.78 is 0. The molecule has 2 nitrogen and oxygen atoms in total. The van der Waals surface area contributed by atoms with Crippen molar-refractivity contribution in [2.45, 2.75) is 6.92 Å². The lowest BCUT2D eigenvalue weighted by Gasteiger charge is -1.68. The van der Waals surface area contributed by atoms with Crippen molar-refractivity contribution in [1.29, 1.82) is 0 Å². The average molecular weight is 76.1 g/mol. The molecule has 0 aliphatic carbocycles. The van der Waals surface area contributed by atoms with Crippen LogP contribution in [0.4, 0.5) is 0 Å². The Kier molecular flexibility index (Phi) is 6.17. The summed E-state index contributed by atoms with van der Waals surface area (Å²) in [6.07, 6.45) is 0. The van der Waals surface area contributed by atoms with Crippen LogP contribution in [0.25, 0.3) is 0 Å². The van der Waals surface area contributed by atoms with Crippen molar-refractivity contribution >= 4 is 0 Å². The summed E-state index contributed by atoms with van der Waals surface area (Å²) in [6, 6.07) is 0.